The molecule has 1 aromatic rings. The monoisotopic (exact) mass is 285 g/mol. The fourth-order valence-electron chi connectivity index (χ4n) is 1.53. The van der Waals surface area contributed by atoms with Crippen molar-refractivity contribution in [1.29, 1.82) is 0 Å². The van der Waals surface area contributed by atoms with Crippen molar-refractivity contribution < 1.29 is 9.53 Å². The van der Waals surface area contributed by atoms with E-state index in [0.29, 0.717) is 12.2 Å². The SMILES string of the molecule is COCC(C)N(C)c1ccc(Br)cc1C=O. The van der Waals surface area contributed by atoms with Crippen LogP contribution < -0.4 is 4.90 Å². The molecule has 0 bridgehead atoms. The maximum Gasteiger partial charge on any atom is 0.152 e. The van der Waals surface area contributed by atoms with E-state index in [1.807, 2.05) is 30.1 Å². The summed E-state index contributed by atoms with van der Waals surface area (Å²) in [7, 11) is 3.63. The van der Waals surface area contributed by atoms with Crippen LogP contribution in [0.5, 0.6) is 0 Å². The van der Waals surface area contributed by atoms with Crippen LogP contribution in [0.2, 0.25) is 0 Å². The third-order valence-electron chi connectivity index (χ3n) is 2.57. The zero-order valence-corrected chi connectivity index (χ0v) is 11.3. The number of aldehydes is 1. The molecule has 4 heteroatoms. The van der Waals surface area contributed by atoms with Crippen molar-refractivity contribution in [2.45, 2.75) is 13.0 Å². The first kappa shape index (κ1) is 13.2. The number of carbonyl (C=O) groups is 1. The maximum atomic E-state index is 11.0. The first-order valence-corrected chi connectivity index (χ1v) is 5.86. The lowest BCUT2D eigenvalue weighted by atomic mass is 10.1. The second kappa shape index (κ2) is 6.01. The first-order chi connectivity index (χ1) is 7.60. The highest BCUT2D eigenvalue weighted by Crippen LogP contribution is 2.23. The number of halogens is 1. The molecule has 16 heavy (non-hydrogen) atoms. The number of benzene rings is 1. The van der Waals surface area contributed by atoms with E-state index in [-0.39, 0.29) is 6.04 Å². The van der Waals surface area contributed by atoms with Crippen molar-refractivity contribution in [2.24, 2.45) is 0 Å². The number of likely N-dealkylation sites (N-methyl/N-ethyl adjacent to an activating group) is 1. The van der Waals surface area contributed by atoms with Crippen molar-refractivity contribution in [3.05, 3.63) is 28.2 Å². The molecule has 1 rings (SSSR count). The Balaban J connectivity index is 2.98. The normalized spacial score (nSPS) is 12.2. The molecule has 0 radical (unpaired) electrons. The number of methoxy groups -OCH3 is 1. The van der Waals surface area contributed by atoms with E-state index in [9.17, 15) is 4.79 Å². The first-order valence-electron chi connectivity index (χ1n) is 5.06. The molecule has 0 aliphatic carbocycles. The van der Waals surface area contributed by atoms with Gasteiger partial charge in [0.1, 0.15) is 0 Å². The number of carbonyl (C=O) groups excluding carboxylic acids is 1. The quantitative estimate of drug-likeness (QED) is 0.779. The van der Waals surface area contributed by atoms with Gasteiger partial charge in [0, 0.05) is 35.9 Å². The Labute approximate surface area is 105 Å². The lowest BCUT2D eigenvalue weighted by Gasteiger charge is -2.27. The molecule has 0 aromatic heterocycles. The lowest BCUT2D eigenvalue weighted by Crippen LogP contribution is -2.33. The van der Waals surface area contributed by atoms with Gasteiger partial charge in [-0.3, -0.25) is 4.79 Å². The molecule has 0 spiro atoms. The summed E-state index contributed by atoms with van der Waals surface area (Å²) in [5.41, 5.74) is 1.60. The second-order valence-electron chi connectivity index (χ2n) is 3.74. The lowest BCUT2D eigenvalue weighted by molar-refractivity contribution is 0.112. The Morgan fingerprint density at radius 1 is 1.56 bits per heavy atom. The van der Waals surface area contributed by atoms with Gasteiger partial charge in [0.05, 0.1) is 6.61 Å². The van der Waals surface area contributed by atoms with Gasteiger partial charge in [-0.2, -0.15) is 0 Å². The summed E-state index contributed by atoms with van der Waals surface area (Å²) in [6, 6.07) is 5.90. The molecule has 1 unspecified atom stereocenters. The predicted octanol–water partition coefficient (Wildman–Crippen LogP) is 2.73. The van der Waals surface area contributed by atoms with E-state index < -0.39 is 0 Å². The van der Waals surface area contributed by atoms with Gasteiger partial charge in [-0.1, -0.05) is 15.9 Å². The smallest absolute Gasteiger partial charge is 0.152 e. The number of hydrogen-bond acceptors (Lipinski definition) is 3. The summed E-state index contributed by atoms with van der Waals surface area (Å²) in [4.78, 5) is 13.0. The van der Waals surface area contributed by atoms with Gasteiger partial charge in [-0.05, 0) is 25.1 Å². The van der Waals surface area contributed by atoms with Crippen molar-refractivity contribution in [2.75, 3.05) is 25.7 Å². The van der Waals surface area contributed by atoms with Crippen LogP contribution in [0.15, 0.2) is 22.7 Å². The largest absolute Gasteiger partial charge is 0.383 e. The summed E-state index contributed by atoms with van der Waals surface area (Å²) in [6.45, 7) is 2.69. The van der Waals surface area contributed by atoms with Crippen molar-refractivity contribution in [1.82, 2.24) is 0 Å². The van der Waals surface area contributed by atoms with Crippen LogP contribution in [-0.2, 0) is 4.74 Å². The minimum absolute atomic E-state index is 0.227. The van der Waals surface area contributed by atoms with Crippen LogP contribution in [0.1, 0.15) is 17.3 Å². The second-order valence-corrected chi connectivity index (χ2v) is 4.65. The van der Waals surface area contributed by atoms with Gasteiger partial charge in [0.15, 0.2) is 6.29 Å². The molecule has 0 N–H and O–H groups in total. The Morgan fingerprint density at radius 3 is 2.81 bits per heavy atom. The summed E-state index contributed by atoms with van der Waals surface area (Å²) in [5, 5.41) is 0. The van der Waals surface area contributed by atoms with E-state index in [0.717, 1.165) is 16.4 Å². The summed E-state index contributed by atoms with van der Waals surface area (Å²) in [5.74, 6) is 0. The zero-order chi connectivity index (χ0) is 12.1. The highest BCUT2D eigenvalue weighted by atomic mass is 79.9. The van der Waals surface area contributed by atoms with Crippen LogP contribution >= 0.6 is 15.9 Å². The molecule has 0 amide bonds. The standard InChI is InChI=1S/C12H16BrNO2/c1-9(8-16-3)14(2)12-5-4-11(13)6-10(12)7-15/h4-7,9H,8H2,1-3H3. The molecule has 0 aliphatic rings. The molecule has 1 atom stereocenters. The van der Waals surface area contributed by atoms with Crippen LogP contribution in [-0.4, -0.2) is 33.1 Å². The number of ether oxygens (including phenoxy) is 1. The average Bonchev–Trinajstić information content (AvgIpc) is 2.28. The third-order valence-corrected chi connectivity index (χ3v) is 3.06. The molecule has 0 heterocycles. The molecular weight excluding hydrogens is 270 g/mol. The van der Waals surface area contributed by atoms with Crippen molar-refractivity contribution >= 4 is 27.9 Å². The number of nitrogens with zero attached hydrogens (tertiary/aromatic N) is 1. The van der Waals surface area contributed by atoms with Gasteiger partial charge < -0.3 is 9.64 Å². The average molecular weight is 286 g/mol. The minimum atomic E-state index is 0.227. The minimum Gasteiger partial charge on any atom is -0.383 e. The Hall–Kier alpha value is -0.870. The van der Waals surface area contributed by atoms with Crippen LogP contribution in [0.3, 0.4) is 0 Å². The van der Waals surface area contributed by atoms with Crippen LogP contribution in [0, 0.1) is 0 Å². The molecule has 1 aromatic carbocycles. The summed E-state index contributed by atoms with van der Waals surface area (Å²) < 4.78 is 6.01. The third kappa shape index (κ3) is 3.06. The molecule has 0 fully saturated rings. The molecular formula is C12H16BrNO2. The number of rotatable bonds is 5. The molecule has 0 aliphatic heterocycles. The van der Waals surface area contributed by atoms with Gasteiger partial charge in [-0.15, -0.1) is 0 Å². The number of hydrogen-bond donors (Lipinski definition) is 0. The molecule has 88 valence electrons. The topological polar surface area (TPSA) is 29.5 Å². The molecule has 0 saturated heterocycles. The van der Waals surface area contributed by atoms with Gasteiger partial charge in [0.2, 0.25) is 0 Å². The van der Waals surface area contributed by atoms with Gasteiger partial charge in [0.25, 0.3) is 0 Å². The van der Waals surface area contributed by atoms with Crippen molar-refractivity contribution in [3.63, 3.8) is 0 Å². The van der Waals surface area contributed by atoms with E-state index >= 15 is 0 Å². The zero-order valence-electron chi connectivity index (χ0n) is 9.74. The highest BCUT2D eigenvalue weighted by molar-refractivity contribution is 9.10. The van der Waals surface area contributed by atoms with Crippen LogP contribution in [0.25, 0.3) is 0 Å². The Morgan fingerprint density at radius 2 is 2.25 bits per heavy atom. The van der Waals surface area contributed by atoms with E-state index in [1.54, 1.807) is 7.11 Å². The fraction of sp³-hybridized carbons (Fsp3) is 0.417. The van der Waals surface area contributed by atoms with Crippen LogP contribution in [0.4, 0.5) is 5.69 Å². The Bertz CT molecular complexity index is 368. The summed E-state index contributed by atoms with van der Waals surface area (Å²) in [6.07, 6.45) is 0.871. The van der Waals surface area contributed by atoms with Gasteiger partial charge >= 0.3 is 0 Å². The predicted molar refractivity (Wildman–Crippen MR) is 69.3 cm³/mol. The fourth-order valence-corrected chi connectivity index (χ4v) is 1.91. The van der Waals surface area contributed by atoms with E-state index in [1.165, 1.54) is 0 Å². The molecule has 0 saturated carbocycles. The number of anilines is 1. The van der Waals surface area contributed by atoms with E-state index in [4.69, 9.17) is 4.74 Å². The van der Waals surface area contributed by atoms with E-state index in [2.05, 4.69) is 22.9 Å². The van der Waals surface area contributed by atoms with Crippen molar-refractivity contribution in [3.8, 4) is 0 Å². The van der Waals surface area contributed by atoms with Gasteiger partial charge in [-0.25, -0.2) is 0 Å². The highest BCUT2D eigenvalue weighted by Gasteiger charge is 2.13. The summed E-state index contributed by atoms with van der Waals surface area (Å²) >= 11 is 3.35. The maximum absolute atomic E-state index is 11.0. The molecule has 3 nitrogen and oxygen atoms in total. The Kier molecular flexibility index (Phi) is 4.96.